The van der Waals surface area contributed by atoms with Crippen LogP contribution in [0.15, 0.2) is 12.2 Å². The number of fused-ring (bicyclic) bond motifs is 1. The van der Waals surface area contributed by atoms with Gasteiger partial charge in [-0.1, -0.05) is 19.1 Å². The van der Waals surface area contributed by atoms with Gasteiger partial charge in [0.2, 0.25) is 17.7 Å². The molecular formula is C11H14N2O3. The van der Waals surface area contributed by atoms with E-state index in [1.54, 1.807) is 6.08 Å². The van der Waals surface area contributed by atoms with Crippen molar-refractivity contribution in [3.63, 3.8) is 0 Å². The van der Waals surface area contributed by atoms with Crippen molar-refractivity contribution in [3.8, 4) is 0 Å². The molecule has 86 valence electrons. The smallest absolute Gasteiger partial charge is 0.232 e. The molecule has 0 spiro atoms. The fraction of sp³-hybridized carbons (Fsp3) is 0.545. The maximum absolute atomic E-state index is 11.6. The predicted molar refractivity (Wildman–Crippen MR) is 56.0 cm³/mol. The van der Waals surface area contributed by atoms with Gasteiger partial charge in [0.05, 0.1) is 17.9 Å². The molecule has 1 aliphatic carbocycles. The lowest BCUT2D eigenvalue weighted by atomic mass is 9.75. The van der Waals surface area contributed by atoms with Crippen LogP contribution >= 0.6 is 0 Å². The molecule has 0 aromatic heterocycles. The zero-order chi connectivity index (χ0) is 11.9. The van der Waals surface area contributed by atoms with Gasteiger partial charge >= 0.3 is 0 Å². The average molecular weight is 222 g/mol. The topological polar surface area (TPSA) is 75.3 Å². The molecule has 5 heteroatoms. The first kappa shape index (κ1) is 10.9. The number of hydrogen-bond acceptors (Lipinski definition) is 3. The Morgan fingerprint density at radius 3 is 2.50 bits per heavy atom. The predicted octanol–water partition coefficient (Wildman–Crippen LogP) is -0.414. The second-order valence-corrected chi connectivity index (χ2v) is 4.38. The van der Waals surface area contributed by atoms with Gasteiger partial charge in [-0.05, 0) is 5.92 Å². The molecule has 0 saturated carbocycles. The second-order valence-electron chi connectivity index (χ2n) is 4.38. The summed E-state index contributed by atoms with van der Waals surface area (Å²) in [6.07, 6.45) is 3.67. The minimum absolute atomic E-state index is 0.0291. The first-order chi connectivity index (χ1) is 7.50. The zero-order valence-electron chi connectivity index (χ0n) is 9.19. The zero-order valence-corrected chi connectivity index (χ0v) is 9.19. The fourth-order valence-electron chi connectivity index (χ4n) is 2.47. The summed E-state index contributed by atoms with van der Waals surface area (Å²) < 4.78 is 0. The Hall–Kier alpha value is -1.65. The first-order valence-corrected chi connectivity index (χ1v) is 5.31. The maximum Gasteiger partial charge on any atom is 0.232 e. The highest BCUT2D eigenvalue weighted by Crippen LogP contribution is 2.34. The van der Waals surface area contributed by atoms with E-state index in [9.17, 15) is 14.4 Å². The highest BCUT2D eigenvalue weighted by Gasteiger charge is 2.49. The van der Waals surface area contributed by atoms with E-state index >= 15 is 0 Å². The van der Waals surface area contributed by atoms with Crippen LogP contribution in [0, 0.1) is 17.8 Å². The summed E-state index contributed by atoms with van der Waals surface area (Å²) in [5.41, 5.74) is 0. The van der Waals surface area contributed by atoms with Crippen LogP contribution in [0.2, 0.25) is 0 Å². The van der Waals surface area contributed by atoms with Crippen LogP contribution in [0.5, 0.6) is 0 Å². The lowest BCUT2D eigenvalue weighted by Crippen LogP contribution is -2.46. The van der Waals surface area contributed by atoms with Gasteiger partial charge in [-0.15, -0.1) is 0 Å². The summed E-state index contributed by atoms with van der Waals surface area (Å²) in [6, 6.07) is -0.370. The second kappa shape index (κ2) is 3.73. The van der Waals surface area contributed by atoms with Crippen LogP contribution < -0.4 is 10.6 Å². The molecule has 0 radical (unpaired) electrons. The summed E-state index contributed by atoms with van der Waals surface area (Å²) in [6.45, 7) is 3.30. The van der Waals surface area contributed by atoms with Crippen molar-refractivity contribution in [3.05, 3.63) is 12.2 Å². The third-order valence-electron chi connectivity index (χ3n) is 3.18. The Kier molecular flexibility index (Phi) is 2.53. The van der Waals surface area contributed by atoms with E-state index in [-0.39, 0.29) is 35.6 Å². The number of hydrogen-bond donors (Lipinski definition) is 2. The van der Waals surface area contributed by atoms with Crippen LogP contribution in [0.25, 0.3) is 0 Å². The van der Waals surface area contributed by atoms with Gasteiger partial charge in [0.1, 0.15) is 0 Å². The molecule has 1 saturated heterocycles. The Labute approximate surface area is 93.3 Å². The lowest BCUT2D eigenvalue weighted by molar-refractivity contribution is -0.126. The third-order valence-corrected chi connectivity index (χ3v) is 3.18. The molecule has 2 rings (SSSR count). The number of allylic oxidation sites excluding steroid dienone is 1. The standard InChI is InChI=1S/C11H14N2O3/c1-5-3-4-7(12-6(2)14)9-8(5)10(15)13-11(9)16/h3-5,7-9H,1-2H3,(H,12,14)(H,13,15,16). The van der Waals surface area contributed by atoms with Crippen molar-refractivity contribution in [1.29, 1.82) is 0 Å². The van der Waals surface area contributed by atoms with Gasteiger partial charge in [0.15, 0.2) is 0 Å². The van der Waals surface area contributed by atoms with Gasteiger partial charge in [-0.3, -0.25) is 19.7 Å². The minimum Gasteiger partial charge on any atom is -0.349 e. The van der Waals surface area contributed by atoms with E-state index in [0.29, 0.717) is 0 Å². The van der Waals surface area contributed by atoms with Gasteiger partial charge < -0.3 is 5.32 Å². The van der Waals surface area contributed by atoms with Crippen molar-refractivity contribution in [2.45, 2.75) is 19.9 Å². The molecule has 0 aromatic carbocycles. The summed E-state index contributed by atoms with van der Waals surface area (Å²) in [4.78, 5) is 34.2. The molecule has 1 heterocycles. The van der Waals surface area contributed by atoms with E-state index in [2.05, 4.69) is 10.6 Å². The summed E-state index contributed by atoms with van der Waals surface area (Å²) in [5.74, 6) is -1.51. The Balaban J connectivity index is 2.29. The number of rotatable bonds is 1. The molecule has 2 N–H and O–H groups in total. The number of nitrogens with one attached hydrogen (secondary N) is 2. The van der Waals surface area contributed by atoms with Crippen LogP contribution in [0.3, 0.4) is 0 Å². The lowest BCUT2D eigenvalue weighted by Gasteiger charge is -2.30. The van der Waals surface area contributed by atoms with E-state index < -0.39 is 5.92 Å². The molecule has 4 unspecified atom stereocenters. The average Bonchev–Trinajstić information content (AvgIpc) is 2.47. The number of imide groups is 1. The van der Waals surface area contributed by atoms with Crippen LogP contribution in [0.1, 0.15) is 13.8 Å². The van der Waals surface area contributed by atoms with E-state index in [4.69, 9.17) is 0 Å². The highest BCUT2D eigenvalue weighted by molar-refractivity contribution is 6.06. The maximum atomic E-state index is 11.6. The summed E-state index contributed by atoms with van der Waals surface area (Å²) >= 11 is 0. The number of carbonyl (C=O) groups is 3. The molecule has 16 heavy (non-hydrogen) atoms. The van der Waals surface area contributed by atoms with Gasteiger partial charge in [-0.2, -0.15) is 0 Å². The molecule has 2 aliphatic rings. The van der Waals surface area contributed by atoms with Gasteiger partial charge in [-0.25, -0.2) is 0 Å². The van der Waals surface area contributed by atoms with Crippen LogP contribution in [-0.2, 0) is 14.4 Å². The van der Waals surface area contributed by atoms with Crippen molar-refractivity contribution in [1.82, 2.24) is 10.6 Å². The van der Waals surface area contributed by atoms with Gasteiger partial charge in [0.25, 0.3) is 0 Å². The SMILES string of the molecule is CC(=O)NC1C=CC(C)C2C(=O)NC(=O)C12. The third kappa shape index (κ3) is 1.62. The Morgan fingerprint density at radius 2 is 1.88 bits per heavy atom. The molecule has 4 atom stereocenters. The summed E-state index contributed by atoms with van der Waals surface area (Å²) in [5, 5.41) is 5.01. The molecule has 0 bridgehead atoms. The van der Waals surface area contributed by atoms with Crippen LogP contribution in [-0.4, -0.2) is 23.8 Å². The van der Waals surface area contributed by atoms with E-state index in [0.717, 1.165) is 0 Å². The molecule has 3 amide bonds. The van der Waals surface area contributed by atoms with Crippen molar-refractivity contribution in [2.24, 2.45) is 17.8 Å². The highest BCUT2D eigenvalue weighted by atomic mass is 16.2. The Bertz CT molecular complexity index is 389. The quantitative estimate of drug-likeness (QED) is 0.467. The van der Waals surface area contributed by atoms with Gasteiger partial charge in [0, 0.05) is 6.92 Å². The van der Waals surface area contributed by atoms with E-state index in [1.165, 1.54) is 6.92 Å². The number of amides is 3. The van der Waals surface area contributed by atoms with Crippen LogP contribution in [0.4, 0.5) is 0 Å². The summed E-state index contributed by atoms with van der Waals surface area (Å²) in [7, 11) is 0. The molecular weight excluding hydrogens is 208 g/mol. The Morgan fingerprint density at radius 1 is 1.25 bits per heavy atom. The molecule has 1 fully saturated rings. The molecule has 0 aromatic rings. The first-order valence-electron chi connectivity index (χ1n) is 5.31. The molecule has 1 aliphatic heterocycles. The minimum atomic E-state index is -0.462. The normalized spacial score (nSPS) is 36.9. The molecule has 5 nitrogen and oxygen atoms in total. The van der Waals surface area contributed by atoms with E-state index in [1.807, 2.05) is 13.0 Å². The fourth-order valence-corrected chi connectivity index (χ4v) is 2.47. The van der Waals surface area contributed by atoms with Crippen molar-refractivity contribution >= 4 is 17.7 Å². The number of carbonyl (C=O) groups excluding carboxylic acids is 3. The largest absolute Gasteiger partial charge is 0.349 e. The monoisotopic (exact) mass is 222 g/mol. The van der Waals surface area contributed by atoms with Crippen molar-refractivity contribution in [2.75, 3.05) is 0 Å². The van der Waals surface area contributed by atoms with Crippen molar-refractivity contribution < 1.29 is 14.4 Å².